The number of rotatable bonds is 1. The van der Waals surface area contributed by atoms with Crippen LogP contribution in [0.5, 0.6) is 0 Å². The molecular weight excluding hydrogens is 144 g/mol. The van der Waals surface area contributed by atoms with Crippen LogP contribution in [0.3, 0.4) is 0 Å². The van der Waals surface area contributed by atoms with Gasteiger partial charge in [0, 0.05) is 0 Å². The van der Waals surface area contributed by atoms with Crippen LogP contribution in [0.4, 0.5) is 0 Å². The van der Waals surface area contributed by atoms with E-state index in [-0.39, 0.29) is 0 Å². The highest BCUT2D eigenvalue weighted by Gasteiger charge is 2.01. The molecule has 0 aromatic heterocycles. The lowest BCUT2D eigenvalue weighted by atomic mass is 9.96. The van der Waals surface area contributed by atoms with Crippen LogP contribution in [0.1, 0.15) is 26.7 Å². The molecule has 12 heavy (non-hydrogen) atoms. The molecule has 0 heteroatoms. The van der Waals surface area contributed by atoms with Crippen molar-refractivity contribution in [1.82, 2.24) is 0 Å². The lowest BCUT2D eigenvalue weighted by Gasteiger charge is -2.09. The van der Waals surface area contributed by atoms with E-state index in [4.69, 9.17) is 0 Å². The standard InChI is InChI=1S/C12H16/c1-10(2)8-9-12-7-5-4-6-11(12)3/h4,6,8-9H,3,5,7H2,1-2H3/b12-9-. The van der Waals surface area contributed by atoms with E-state index in [1.54, 1.807) is 0 Å². The van der Waals surface area contributed by atoms with E-state index in [1.165, 1.54) is 16.7 Å². The Morgan fingerprint density at radius 2 is 2.25 bits per heavy atom. The van der Waals surface area contributed by atoms with Crippen LogP contribution in [0, 0.1) is 0 Å². The van der Waals surface area contributed by atoms with Crippen LogP contribution in [-0.2, 0) is 0 Å². The maximum atomic E-state index is 3.99. The van der Waals surface area contributed by atoms with Crippen molar-refractivity contribution < 1.29 is 0 Å². The highest BCUT2D eigenvalue weighted by Crippen LogP contribution is 2.21. The molecule has 1 aliphatic carbocycles. The summed E-state index contributed by atoms with van der Waals surface area (Å²) in [6.45, 7) is 8.21. The van der Waals surface area contributed by atoms with Gasteiger partial charge in [-0.3, -0.25) is 0 Å². The van der Waals surface area contributed by atoms with Crippen LogP contribution in [0.25, 0.3) is 0 Å². The van der Waals surface area contributed by atoms with Gasteiger partial charge < -0.3 is 0 Å². The smallest absolute Gasteiger partial charge is 0.0238 e. The fourth-order valence-corrected chi connectivity index (χ4v) is 1.19. The van der Waals surface area contributed by atoms with Crippen molar-refractivity contribution in [2.75, 3.05) is 0 Å². The predicted octanol–water partition coefficient (Wildman–Crippen LogP) is 3.79. The zero-order valence-corrected chi connectivity index (χ0v) is 7.93. The first kappa shape index (κ1) is 9.05. The molecule has 0 nitrogen and oxygen atoms in total. The van der Waals surface area contributed by atoms with Gasteiger partial charge in [-0.2, -0.15) is 0 Å². The quantitative estimate of drug-likeness (QED) is 0.547. The van der Waals surface area contributed by atoms with Gasteiger partial charge in [0.15, 0.2) is 0 Å². The van der Waals surface area contributed by atoms with Crippen molar-refractivity contribution in [3.05, 3.63) is 47.6 Å². The fraction of sp³-hybridized carbons (Fsp3) is 0.333. The first-order chi connectivity index (χ1) is 5.70. The Hall–Kier alpha value is -1.04. The summed E-state index contributed by atoms with van der Waals surface area (Å²) in [7, 11) is 0. The van der Waals surface area contributed by atoms with E-state index in [2.05, 4.69) is 44.7 Å². The summed E-state index contributed by atoms with van der Waals surface area (Å²) < 4.78 is 0. The second-order valence-corrected chi connectivity index (χ2v) is 3.40. The van der Waals surface area contributed by atoms with Gasteiger partial charge in [0.25, 0.3) is 0 Å². The Kier molecular flexibility index (Phi) is 3.09. The van der Waals surface area contributed by atoms with E-state index < -0.39 is 0 Å². The van der Waals surface area contributed by atoms with E-state index in [1.807, 2.05) is 0 Å². The first-order valence-electron chi connectivity index (χ1n) is 4.40. The summed E-state index contributed by atoms with van der Waals surface area (Å²) in [5.41, 5.74) is 3.88. The molecule has 0 aliphatic heterocycles. The van der Waals surface area contributed by atoms with Crippen molar-refractivity contribution >= 4 is 0 Å². The molecule has 64 valence electrons. The highest BCUT2D eigenvalue weighted by molar-refractivity contribution is 5.42. The molecule has 0 spiro atoms. The second-order valence-electron chi connectivity index (χ2n) is 3.40. The molecule has 0 heterocycles. The summed E-state index contributed by atoms with van der Waals surface area (Å²) in [4.78, 5) is 0. The van der Waals surface area contributed by atoms with Crippen molar-refractivity contribution in [2.45, 2.75) is 26.7 Å². The Balaban J connectivity index is 2.75. The van der Waals surface area contributed by atoms with E-state index >= 15 is 0 Å². The van der Waals surface area contributed by atoms with Crippen LogP contribution >= 0.6 is 0 Å². The minimum atomic E-state index is 1.14. The van der Waals surface area contributed by atoms with Crippen LogP contribution < -0.4 is 0 Å². The molecule has 0 atom stereocenters. The summed E-state index contributed by atoms with van der Waals surface area (Å²) in [6.07, 6.45) is 10.9. The molecule has 1 rings (SSSR count). The highest BCUT2D eigenvalue weighted by atomic mass is 14.1. The van der Waals surface area contributed by atoms with E-state index in [0.717, 1.165) is 12.8 Å². The Morgan fingerprint density at radius 3 is 2.83 bits per heavy atom. The third-order valence-corrected chi connectivity index (χ3v) is 1.93. The molecule has 0 radical (unpaired) electrons. The van der Waals surface area contributed by atoms with Gasteiger partial charge in [0.1, 0.15) is 0 Å². The maximum absolute atomic E-state index is 3.99. The average Bonchev–Trinajstić information content (AvgIpc) is 2.03. The summed E-state index contributed by atoms with van der Waals surface area (Å²) in [5, 5.41) is 0. The third-order valence-electron chi connectivity index (χ3n) is 1.93. The SMILES string of the molecule is C=C1C=CCC/C1=C/C=C(C)C. The Labute approximate surface area is 75.0 Å². The number of hydrogen-bond acceptors (Lipinski definition) is 0. The first-order valence-corrected chi connectivity index (χ1v) is 4.40. The molecule has 0 aromatic carbocycles. The largest absolute Gasteiger partial charge is 0.0915 e. The molecule has 1 aliphatic rings. The molecule has 0 amide bonds. The Morgan fingerprint density at radius 1 is 1.50 bits per heavy atom. The van der Waals surface area contributed by atoms with Gasteiger partial charge in [0.2, 0.25) is 0 Å². The summed E-state index contributed by atoms with van der Waals surface area (Å²) >= 11 is 0. The minimum Gasteiger partial charge on any atom is -0.0915 e. The van der Waals surface area contributed by atoms with Crippen molar-refractivity contribution in [3.63, 3.8) is 0 Å². The molecule has 0 saturated carbocycles. The number of allylic oxidation sites excluding steroid dienone is 7. The molecule has 0 N–H and O–H groups in total. The van der Waals surface area contributed by atoms with Gasteiger partial charge in [0.05, 0.1) is 0 Å². The molecule has 0 saturated heterocycles. The molecule has 0 bridgehead atoms. The van der Waals surface area contributed by atoms with Gasteiger partial charge >= 0.3 is 0 Å². The van der Waals surface area contributed by atoms with Crippen molar-refractivity contribution in [2.24, 2.45) is 0 Å². The normalized spacial score (nSPS) is 19.8. The number of hydrogen-bond donors (Lipinski definition) is 0. The predicted molar refractivity (Wildman–Crippen MR) is 55.0 cm³/mol. The second kappa shape index (κ2) is 4.10. The van der Waals surface area contributed by atoms with Crippen LogP contribution in [0.15, 0.2) is 47.6 Å². The van der Waals surface area contributed by atoms with E-state index in [9.17, 15) is 0 Å². The lowest BCUT2D eigenvalue weighted by molar-refractivity contribution is 0.969. The van der Waals surface area contributed by atoms with Gasteiger partial charge in [-0.15, -0.1) is 0 Å². The van der Waals surface area contributed by atoms with E-state index in [0.29, 0.717) is 0 Å². The van der Waals surface area contributed by atoms with Gasteiger partial charge in [-0.1, -0.05) is 36.5 Å². The molecular formula is C12H16. The van der Waals surface area contributed by atoms with Crippen molar-refractivity contribution in [1.29, 1.82) is 0 Å². The Bertz CT molecular complexity index is 258. The third kappa shape index (κ3) is 2.54. The summed E-state index contributed by atoms with van der Waals surface area (Å²) in [5.74, 6) is 0. The van der Waals surface area contributed by atoms with Gasteiger partial charge in [-0.05, 0) is 37.8 Å². The van der Waals surface area contributed by atoms with Crippen LogP contribution in [0.2, 0.25) is 0 Å². The summed E-state index contributed by atoms with van der Waals surface area (Å²) in [6, 6.07) is 0. The molecule has 0 aromatic rings. The molecule has 0 fully saturated rings. The minimum absolute atomic E-state index is 1.14. The zero-order valence-electron chi connectivity index (χ0n) is 7.93. The lowest BCUT2D eigenvalue weighted by Crippen LogP contribution is -1.90. The topological polar surface area (TPSA) is 0 Å². The maximum Gasteiger partial charge on any atom is -0.0238 e. The van der Waals surface area contributed by atoms with Crippen molar-refractivity contribution in [3.8, 4) is 0 Å². The zero-order chi connectivity index (χ0) is 8.97. The van der Waals surface area contributed by atoms with Gasteiger partial charge in [-0.25, -0.2) is 0 Å². The fourth-order valence-electron chi connectivity index (χ4n) is 1.19. The molecule has 0 unspecified atom stereocenters. The van der Waals surface area contributed by atoms with Crippen LogP contribution in [-0.4, -0.2) is 0 Å². The monoisotopic (exact) mass is 160 g/mol. The average molecular weight is 160 g/mol.